The number of phosphoric acid groups is 4. The van der Waals surface area contributed by atoms with Crippen molar-refractivity contribution in [3.63, 3.8) is 0 Å². The van der Waals surface area contributed by atoms with Crippen LogP contribution in [0.2, 0.25) is 0 Å². The molecule has 0 bridgehead atoms. The van der Waals surface area contributed by atoms with Crippen LogP contribution < -0.4 is 15.5 Å². The first-order chi connectivity index (χ1) is 39.6. The fraction of sp³-hybridized carbons (Fsp3) is 0.660. The summed E-state index contributed by atoms with van der Waals surface area (Å²) in [4.78, 5) is 79.4. The molecule has 0 spiro atoms. The van der Waals surface area contributed by atoms with Crippen molar-refractivity contribution >= 4 is 54.7 Å². The summed E-state index contributed by atoms with van der Waals surface area (Å²) in [7, 11) is -17.8. The number of nitrogens with one attached hydrogen (secondary N) is 2. The largest absolute Gasteiger partial charge is 0.472 e. The number of benzene rings is 2. The number of nitrogens with zero attached hydrogens (tertiary/aromatic N) is 4. The maximum absolute atomic E-state index is 14.0. The number of aromatic nitrogens is 3. The van der Waals surface area contributed by atoms with Gasteiger partial charge >= 0.3 is 31.3 Å². The van der Waals surface area contributed by atoms with Crippen LogP contribution in [0, 0.1) is 0 Å². The third-order valence-electron chi connectivity index (χ3n) is 11.3. The van der Waals surface area contributed by atoms with Gasteiger partial charge in [-0.2, -0.15) is 0 Å². The van der Waals surface area contributed by atoms with Crippen molar-refractivity contribution in [2.24, 2.45) is 0 Å². The second kappa shape index (κ2) is 38.4. The van der Waals surface area contributed by atoms with Gasteiger partial charge in [0.15, 0.2) is 0 Å². The summed E-state index contributed by atoms with van der Waals surface area (Å²) in [5, 5.41) is 14.7. The highest BCUT2D eigenvalue weighted by Gasteiger charge is 2.30. The molecule has 3 aromatic rings. The smallest absolute Gasteiger partial charge is 0.377 e. The van der Waals surface area contributed by atoms with Gasteiger partial charge in [0, 0.05) is 37.1 Å². The molecule has 1 aromatic heterocycles. The number of ether oxygens (including phenoxy) is 4. The summed E-state index contributed by atoms with van der Waals surface area (Å²) in [6.45, 7) is 8.14. The summed E-state index contributed by atoms with van der Waals surface area (Å²) in [5.41, 5.74) is 4.50. The minimum Gasteiger partial charge on any atom is -0.377 e. The Kier molecular flexibility index (Phi) is 33.2. The van der Waals surface area contributed by atoms with E-state index >= 15 is 0 Å². The first-order valence-electron chi connectivity index (χ1n) is 27.4. The van der Waals surface area contributed by atoms with Crippen LogP contribution in [0.5, 0.6) is 0 Å². The predicted octanol–water partition coefficient (Wildman–Crippen LogP) is 6.62. The van der Waals surface area contributed by atoms with Crippen LogP contribution in [0.25, 0.3) is 22.5 Å². The number of carbonyl (C=O) groups excluding carboxylic acids is 3. The van der Waals surface area contributed by atoms with E-state index in [2.05, 4.69) is 20.9 Å². The highest BCUT2D eigenvalue weighted by atomic mass is 31.2. The molecule has 470 valence electrons. The van der Waals surface area contributed by atoms with E-state index in [1.807, 2.05) is 62.4 Å². The lowest BCUT2D eigenvalue weighted by Gasteiger charge is -2.28. The second-order valence-corrected chi connectivity index (χ2v) is 24.7. The zero-order valence-electron chi connectivity index (χ0n) is 47.5. The van der Waals surface area contributed by atoms with Gasteiger partial charge in [-0.05, 0) is 71.4 Å². The highest BCUT2D eigenvalue weighted by Crippen LogP contribution is 2.48. The third-order valence-corrected chi connectivity index (χ3v) is 15.6. The second-order valence-electron chi connectivity index (χ2n) is 18.9. The molecule has 33 heteroatoms. The Morgan fingerprint density at radius 1 is 0.542 bits per heavy atom. The third kappa shape index (κ3) is 30.0. The number of phosphoric ester groups is 4. The first kappa shape index (κ1) is 71.7. The van der Waals surface area contributed by atoms with Crippen molar-refractivity contribution < 1.29 is 107 Å². The molecule has 6 N–H and O–H groups in total. The summed E-state index contributed by atoms with van der Waals surface area (Å²) in [6.07, 6.45) is 1.46. The quantitative estimate of drug-likeness (QED) is 0.0255. The molecular weight excluding hydrogens is 1180 g/mol. The monoisotopic (exact) mass is 1260 g/mol. The normalized spacial score (nSPS) is 15.3. The van der Waals surface area contributed by atoms with E-state index in [-0.39, 0.29) is 102 Å². The Balaban J connectivity index is 1.05. The molecule has 0 saturated carbocycles. The molecule has 3 amide bonds. The lowest BCUT2D eigenvalue weighted by atomic mass is 9.95. The number of para-hydroxylation sites is 1. The van der Waals surface area contributed by atoms with Gasteiger partial charge in [0.05, 0.1) is 123 Å². The van der Waals surface area contributed by atoms with Gasteiger partial charge in [-0.3, -0.25) is 50.6 Å². The molecule has 1 aliphatic heterocycles. The van der Waals surface area contributed by atoms with E-state index in [1.165, 1.54) is 0 Å². The molecule has 2 aromatic carbocycles. The molecule has 0 radical (unpaired) electrons. The molecular formula is C50H82N6O23P4. The van der Waals surface area contributed by atoms with Gasteiger partial charge in [0.2, 0.25) is 17.7 Å². The Morgan fingerprint density at radius 2 is 1.04 bits per heavy atom. The molecule has 4 rings (SSSR count). The summed E-state index contributed by atoms with van der Waals surface area (Å²) in [6, 6.07) is 15.2. The number of anilines is 1. The number of rotatable bonds is 46. The Hall–Kier alpha value is -3.73. The van der Waals surface area contributed by atoms with Crippen molar-refractivity contribution in [1.29, 1.82) is 0 Å². The Labute approximate surface area is 484 Å². The number of hydrogen-bond acceptors (Lipinski definition) is 21. The number of fused-ring (bicyclic) bond motifs is 5. The number of carbonyl (C=O) groups is 3. The Bertz CT molecular complexity index is 2610. The van der Waals surface area contributed by atoms with E-state index in [4.69, 9.17) is 55.1 Å². The van der Waals surface area contributed by atoms with E-state index in [1.54, 1.807) is 23.4 Å². The minimum atomic E-state index is -4.55. The van der Waals surface area contributed by atoms with Gasteiger partial charge in [-0.1, -0.05) is 60.5 Å². The lowest BCUT2D eigenvalue weighted by molar-refractivity contribution is -0.127. The average Bonchev–Trinajstić information content (AvgIpc) is 2.55. The highest BCUT2D eigenvalue weighted by molar-refractivity contribution is 7.48. The fourth-order valence-electron chi connectivity index (χ4n) is 7.54. The van der Waals surface area contributed by atoms with E-state index in [0.717, 1.165) is 22.4 Å². The van der Waals surface area contributed by atoms with E-state index in [0.29, 0.717) is 96.3 Å². The molecule has 0 fully saturated rings. The van der Waals surface area contributed by atoms with Crippen LogP contribution in [0.1, 0.15) is 91.0 Å². The van der Waals surface area contributed by atoms with Crippen molar-refractivity contribution in [2.75, 3.05) is 110 Å². The Morgan fingerprint density at radius 3 is 1.61 bits per heavy atom. The van der Waals surface area contributed by atoms with Gasteiger partial charge in [0.25, 0.3) is 0 Å². The zero-order valence-corrected chi connectivity index (χ0v) is 51.1. The van der Waals surface area contributed by atoms with Crippen molar-refractivity contribution in [2.45, 2.75) is 111 Å². The molecule has 0 aliphatic carbocycles. The van der Waals surface area contributed by atoms with Crippen molar-refractivity contribution in [1.82, 2.24) is 25.6 Å². The number of hydrogen-bond donors (Lipinski definition) is 6. The first-order valence-corrected chi connectivity index (χ1v) is 33.4. The topological polar surface area (TPSA) is 369 Å². The van der Waals surface area contributed by atoms with Gasteiger partial charge in [0.1, 0.15) is 12.3 Å². The van der Waals surface area contributed by atoms with Crippen LogP contribution in [-0.4, -0.2) is 170 Å². The molecule has 83 heavy (non-hydrogen) atoms. The summed E-state index contributed by atoms with van der Waals surface area (Å²) in [5.74, 6) is -0.710. The van der Waals surface area contributed by atoms with Crippen LogP contribution in [0.3, 0.4) is 0 Å². The van der Waals surface area contributed by atoms with Crippen molar-refractivity contribution in [3.05, 3.63) is 54.1 Å². The maximum Gasteiger partial charge on any atom is 0.472 e. The standard InChI is InChI=1S/C50H82N6O23P4/c1-40(2)71-39-47(58)52-23-32-68-34-36-70-37-35-69-33-24-56-50-43-17-8-7-16-42(43)38-55(45-19-10-9-18-44(45)49(50)53-54-56)48(59)21-20-46(57)51-22-11-5-6-12-25-72-80(60,61)73-26-13-27-74-81(62,63)75-28-14-29-76-82(64,65)77-30-15-31-78-83(66,67)79-41(3)4/h7-10,16-19,40-41H,5-6,11-15,20-39H2,1-4H3,(H,51,57)(H,52,58)(H,60,61)(H,62,63)(H,64,65)(H,66,67). The average molecular weight is 1260 g/mol. The summed E-state index contributed by atoms with van der Waals surface area (Å²) < 4.78 is 110. The molecule has 2 heterocycles. The summed E-state index contributed by atoms with van der Waals surface area (Å²) >= 11 is 0. The van der Waals surface area contributed by atoms with E-state index < -0.39 is 50.6 Å². The van der Waals surface area contributed by atoms with Crippen LogP contribution in [0.15, 0.2) is 48.5 Å². The number of amides is 3. The van der Waals surface area contributed by atoms with Crippen molar-refractivity contribution in [3.8, 4) is 22.5 Å². The molecule has 4 unspecified atom stereocenters. The van der Waals surface area contributed by atoms with Gasteiger partial charge < -0.3 is 54.1 Å². The fourth-order valence-corrected chi connectivity index (χ4v) is 10.9. The SMILES string of the molecule is CC(C)OCC(=O)NCCOCCOCCOCCn1nnc2c1-c1ccccc1CN(C(=O)CCC(=O)NCCCCCCOP(=O)(O)OCCCOP(=O)(O)OCCCOP(=O)(O)OCCCOP(=O)(O)OC(C)C)c1ccccc1-2. The lowest BCUT2D eigenvalue weighted by Crippen LogP contribution is -2.33. The van der Waals surface area contributed by atoms with Crippen LogP contribution in [-0.2, 0) is 101 Å². The minimum absolute atomic E-state index is 0.0154. The van der Waals surface area contributed by atoms with Gasteiger partial charge in [-0.15, -0.1) is 5.10 Å². The van der Waals surface area contributed by atoms with Gasteiger partial charge in [-0.25, -0.2) is 22.9 Å². The zero-order chi connectivity index (χ0) is 60.6. The molecule has 29 nitrogen and oxygen atoms in total. The van der Waals surface area contributed by atoms with E-state index in [9.17, 15) is 52.2 Å². The van der Waals surface area contributed by atoms with Crippen LogP contribution in [0.4, 0.5) is 5.69 Å². The molecule has 0 saturated heterocycles. The molecule has 4 atom stereocenters. The number of unbranched alkanes of at least 4 members (excludes halogenated alkanes) is 3. The maximum atomic E-state index is 14.0. The molecule has 1 aliphatic rings. The predicted molar refractivity (Wildman–Crippen MR) is 300 cm³/mol. The van der Waals surface area contributed by atoms with Crippen LogP contribution >= 0.6 is 31.3 Å².